The Morgan fingerprint density at radius 2 is 2.14 bits per heavy atom. The van der Waals surface area contributed by atoms with Gasteiger partial charge >= 0.3 is 0 Å². The second-order valence-corrected chi connectivity index (χ2v) is 7.71. The van der Waals surface area contributed by atoms with Crippen LogP contribution in [0.4, 0.5) is 0 Å². The highest BCUT2D eigenvalue weighted by Gasteiger charge is 2.48. The van der Waals surface area contributed by atoms with Gasteiger partial charge in [0.05, 0.1) is 17.2 Å². The number of hydrogen-bond donors (Lipinski definition) is 0. The molecule has 4 rings (SSSR count). The molecule has 0 spiro atoms. The van der Waals surface area contributed by atoms with Crippen molar-refractivity contribution in [1.82, 2.24) is 0 Å². The van der Waals surface area contributed by atoms with Crippen LogP contribution in [-0.4, -0.2) is 12.7 Å². The largest absolute Gasteiger partial charge is 0.374 e. The molecule has 1 fully saturated rings. The van der Waals surface area contributed by atoms with Crippen molar-refractivity contribution in [3.63, 3.8) is 0 Å². The van der Waals surface area contributed by atoms with E-state index in [1.165, 1.54) is 11.1 Å². The maximum absolute atomic E-state index is 9.47. The lowest BCUT2D eigenvalue weighted by molar-refractivity contribution is -0.0520. The topological polar surface area (TPSA) is 33.0 Å². The summed E-state index contributed by atoms with van der Waals surface area (Å²) in [6.45, 7) is 3.95. The number of nitriles is 1. The van der Waals surface area contributed by atoms with E-state index in [1.54, 1.807) is 0 Å². The summed E-state index contributed by atoms with van der Waals surface area (Å²) in [5.74, 6) is 0.655. The summed E-state index contributed by atoms with van der Waals surface area (Å²) in [7, 11) is 1.84. The van der Waals surface area contributed by atoms with Crippen LogP contribution in [0.5, 0.6) is 0 Å². The van der Waals surface area contributed by atoms with E-state index in [-0.39, 0.29) is 5.60 Å². The first-order valence-corrected chi connectivity index (χ1v) is 9.87. The minimum Gasteiger partial charge on any atom is -0.374 e. The highest BCUT2D eigenvalue weighted by molar-refractivity contribution is 5.73. The molecule has 2 aromatic rings. The molecule has 2 unspecified atom stereocenters. The van der Waals surface area contributed by atoms with E-state index in [0.29, 0.717) is 11.5 Å². The SMILES string of the molecule is C=Cc1cc(CCC2(OC)CC3CC=CC=C32)cc(-c2ccccc2C#N)c1. The summed E-state index contributed by atoms with van der Waals surface area (Å²) in [4.78, 5) is 0. The van der Waals surface area contributed by atoms with E-state index in [0.717, 1.165) is 42.4 Å². The zero-order valence-corrected chi connectivity index (χ0v) is 16.3. The summed E-state index contributed by atoms with van der Waals surface area (Å²) in [6, 6.07) is 16.6. The Labute approximate surface area is 167 Å². The Bertz CT molecular complexity index is 1010. The lowest BCUT2D eigenvalue weighted by atomic mass is 9.61. The smallest absolute Gasteiger partial charge is 0.0998 e. The third kappa shape index (κ3) is 3.23. The summed E-state index contributed by atoms with van der Waals surface area (Å²) in [5, 5.41) is 9.47. The van der Waals surface area contributed by atoms with Gasteiger partial charge in [0, 0.05) is 7.11 Å². The van der Waals surface area contributed by atoms with Crippen molar-refractivity contribution in [3.8, 4) is 17.2 Å². The number of benzene rings is 2. The number of allylic oxidation sites excluding steroid dienone is 3. The minimum absolute atomic E-state index is 0.121. The number of methoxy groups -OCH3 is 1. The van der Waals surface area contributed by atoms with Crippen molar-refractivity contribution in [3.05, 3.63) is 89.5 Å². The summed E-state index contributed by atoms with van der Waals surface area (Å²) in [6.07, 6.45) is 12.7. The van der Waals surface area contributed by atoms with Crippen LogP contribution in [0.3, 0.4) is 0 Å². The van der Waals surface area contributed by atoms with Crippen molar-refractivity contribution in [2.24, 2.45) is 5.92 Å². The fourth-order valence-corrected chi connectivity index (χ4v) is 4.64. The Kier molecular flexibility index (Phi) is 5.03. The molecular formula is C26H25NO. The van der Waals surface area contributed by atoms with Crippen LogP contribution in [0.15, 0.2) is 72.8 Å². The Morgan fingerprint density at radius 3 is 2.89 bits per heavy atom. The average Bonchev–Trinajstić information content (AvgIpc) is 2.74. The number of aryl methyl sites for hydroxylation is 1. The van der Waals surface area contributed by atoms with Gasteiger partial charge in [0.2, 0.25) is 0 Å². The second-order valence-electron chi connectivity index (χ2n) is 7.71. The molecule has 0 aromatic heterocycles. The predicted octanol–water partition coefficient (Wildman–Crippen LogP) is 6.09. The minimum atomic E-state index is -0.121. The van der Waals surface area contributed by atoms with E-state index >= 15 is 0 Å². The van der Waals surface area contributed by atoms with Crippen molar-refractivity contribution >= 4 is 6.08 Å². The van der Waals surface area contributed by atoms with Gasteiger partial charge in [-0.3, -0.25) is 0 Å². The molecule has 140 valence electrons. The molecule has 0 bridgehead atoms. The predicted molar refractivity (Wildman–Crippen MR) is 115 cm³/mol. The van der Waals surface area contributed by atoms with Crippen molar-refractivity contribution in [2.45, 2.75) is 31.3 Å². The average molecular weight is 367 g/mol. The molecule has 2 heteroatoms. The number of hydrogen-bond acceptors (Lipinski definition) is 2. The van der Waals surface area contributed by atoms with Crippen LogP contribution in [0, 0.1) is 17.2 Å². The molecule has 2 aliphatic carbocycles. The summed E-state index contributed by atoms with van der Waals surface area (Å²) < 4.78 is 6.01. The Hall–Kier alpha value is -2.89. The maximum atomic E-state index is 9.47. The van der Waals surface area contributed by atoms with Gasteiger partial charge in [0.1, 0.15) is 0 Å². The molecule has 0 N–H and O–H groups in total. The van der Waals surface area contributed by atoms with Crippen LogP contribution < -0.4 is 0 Å². The quantitative estimate of drug-likeness (QED) is 0.619. The van der Waals surface area contributed by atoms with Gasteiger partial charge in [-0.2, -0.15) is 5.26 Å². The maximum Gasteiger partial charge on any atom is 0.0998 e. The van der Waals surface area contributed by atoms with Crippen molar-refractivity contribution in [1.29, 1.82) is 5.26 Å². The molecule has 2 nitrogen and oxygen atoms in total. The molecule has 28 heavy (non-hydrogen) atoms. The first-order chi connectivity index (χ1) is 13.7. The fourth-order valence-electron chi connectivity index (χ4n) is 4.64. The van der Waals surface area contributed by atoms with Crippen LogP contribution in [0.25, 0.3) is 17.2 Å². The lowest BCUT2D eigenvalue weighted by Gasteiger charge is -2.50. The van der Waals surface area contributed by atoms with E-state index in [1.807, 2.05) is 37.5 Å². The Balaban J connectivity index is 1.62. The molecule has 1 saturated carbocycles. The molecule has 0 radical (unpaired) electrons. The molecule has 2 aliphatic rings. The van der Waals surface area contributed by atoms with Crippen LogP contribution in [0.1, 0.15) is 36.0 Å². The van der Waals surface area contributed by atoms with Gasteiger partial charge in [-0.1, -0.05) is 61.2 Å². The fraction of sp³-hybridized carbons (Fsp3) is 0.269. The van der Waals surface area contributed by atoms with Gasteiger partial charge < -0.3 is 4.74 Å². The van der Waals surface area contributed by atoms with Crippen molar-refractivity contribution < 1.29 is 4.74 Å². The molecule has 2 atom stereocenters. The van der Waals surface area contributed by atoms with Gasteiger partial charge in [0.15, 0.2) is 0 Å². The third-order valence-corrected chi connectivity index (χ3v) is 6.19. The first-order valence-electron chi connectivity index (χ1n) is 9.87. The number of ether oxygens (including phenoxy) is 1. The highest BCUT2D eigenvalue weighted by atomic mass is 16.5. The first kappa shape index (κ1) is 18.5. The molecule has 0 heterocycles. The third-order valence-electron chi connectivity index (χ3n) is 6.19. The number of fused-ring (bicyclic) bond motifs is 1. The number of nitrogens with zero attached hydrogens (tertiary/aromatic N) is 1. The molecule has 0 amide bonds. The normalized spacial score (nSPS) is 22.6. The van der Waals surface area contributed by atoms with E-state index in [9.17, 15) is 5.26 Å². The molecule has 0 saturated heterocycles. The summed E-state index contributed by atoms with van der Waals surface area (Å²) >= 11 is 0. The highest BCUT2D eigenvalue weighted by Crippen LogP contribution is 2.51. The zero-order chi connectivity index (χ0) is 19.6. The van der Waals surface area contributed by atoms with E-state index < -0.39 is 0 Å². The van der Waals surface area contributed by atoms with Gasteiger partial charge in [0.25, 0.3) is 0 Å². The van der Waals surface area contributed by atoms with E-state index in [2.05, 4.69) is 49.1 Å². The summed E-state index contributed by atoms with van der Waals surface area (Å²) in [5.41, 5.74) is 6.41. The van der Waals surface area contributed by atoms with Crippen LogP contribution in [0.2, 0.25) is 0 Å². The van der Waals surface area contributed by atoms with Gasteiger partial charge in [-0.15, -0.1) is 0 Å². The molecular weight excluding hydrogens is 342 g/mol. The van der Waals surface area contributed by atoms with E-state index in [4.69, 9.17) is 4.74 Å². The van der Waals surface area contributed by atoms with Crippen molar-refractivity contribution in [2.75, 3.05) is 7.11 Å². The standard InChI is InChI=1S/C26H25NO/c1-3-19-14-20(16-23(15-19)24-10-6-4-9-22(24)18-27)12-13-26(28-2)17-21-8-5-7-11-25(21)26/h3-7,9-11,14-16,21H,1,8,12-13,17H2,2H3. The lowest BCUT2D eigenvalue weighted by Crippen LogP contribution is -2.49. The van der Waals surface area contributed by atoms with Crippen LogP contribution in [-0.2, 0) is 11.2 Å². The Morgan fingerprint density at radius 1 is 1.29 bits per heavy atom. The zero-order valence-electron chi connectivity index (χ0n) is 16.3. The van der Waals surface area contributed by atoms with Crippen LogP contribution >= 0.6 is 0 Å². The van der Waals surface area contributed by atoms with Gasteiger partial charge in [-0.05, 0) is 71.6 Å². The second kappa shape index (κ2) is 7.62. The monoisotopic (exact) mass is 367 g/mol. The number of rotatable bonds is 6. The molecule has 2 aromatic carbocycles. The van der Waals surface area contributed by atoms with Gasteiger partial charge in [-0.25, -0.2) is 0 Å². The molecule has 0 aliphatic heterocycles.